The van der Waals surface area contributed by atoms with Crippen LogP contribution in [0.25, 0.3) is 11.7 Å². The van der Waals surface area contributed by atoms with Gasteiger partial charge in [-0.25, -0.2) is 4.79 Å². The van der Waals surface area contributed by atoms with Crippen molar-refractivity contribution in [3.05, 3.63) is 60.2 Å². The van der Waals surface area contributed by atoms with E-state index < -0.39 is 18.0 Å². The van der Waals surface area contributed by atoms with E-state index in [4.69, 9.17) is 14.6 Å². The van der Waals surface area contributed by atoms with Gasteiger partial charge in [-0.3, -0.25) is 15.0 Å². The average molecular weight is 383 g/mol. The predicted molar refractivity (Wildman–Crippen MR) is 99.6 cm³/mol. The lowest BCUT2D eigenvalue weighted by atomic mass is 10.0. The van der Waals surface area contributed by atoms with Crippen molar-refractivity contribution in [2.75, 3.05) is 6.54 Å². The first kappa shape index (κ1) is 19.3. The van der Waals surface area contributed by atoms with Crippen molar-refractivity contribution < 1.29 is 18.4 Å². The van der Waals surface area contributed by atoms with Crippen LogP contribution < -0.4 is 11.1 Å². The Morgan fingerprint density at radius 3 is 2.61 bits per heavy atom. The van der Waals surface area contributed by atoms with Crippen molar-refractivity contribution in [2.45, 2.75) is 25.9 Å². The second kappa shape index (κ2) is 8.96. The highest BCUT2D eigenvalue weighted by Crippen LogP contribution is 2.25. The molecular formula is C19H21N5O4. The number of amides is 3. The molecule has 0 radical (unpaired) electrons. The lowest BCUT2D eigenvalue weighted by Gasteiger charge is -2.29. The minimum absolute atomic E-state index is 0.216. The van der Waals surface area contributed by atoms with Gasteiger partial charge in [0.25, 0.3) is 5.89 Å². The molecule has 0 saturated carbocycles. The Morgan fingerprint density at radius 1 is 1.18 bits per heavy atom. The number of primary amides is 1. The fraction of sp³-hybridized carbons (Fsp3) is 0.263. The second-order valence-electron chi connectivity index (χ2n) is 6.12. The lowest BCUT2D eigenvalue weighted by Crippen LogP contribution is -2.44. The number of rotatable bonds is 8. The number of hydrogen-bond acceptors (Lipinski definition) is 7. The number of nitrogens with two attached hydrogens (primary N) is 1. The molecule has 2 heterocycles. The Kier molecular flexibility index (Phi) is 6.18. The summed E-state index contributed by atoms with van der Waals surface area (Å²) in [6.07, 6.45) is 2.29. The van der Waals surface area contributed by atoms with Crippen molar-refractivity contribution in [1.29, 1.82) is 0 Å². The molecule has 0 saturated heterocycles. The van der Waals surface area contributed by atoms with Gasteiger partial charge in [-0.05, 0) is 30.7 Å². The zero-order valence-electron chi connectivity index (χ0n) is 15.4. The number of carbonyl (C=O) groups excluding carboxylic acids is 2. The topological polar surface area (TPSA) is 127 Å². The summed E-state index contributed by atoms with van der Waals surface area (Å²) in [7, 11) is 0. The largest absolute Gasteiger partial charge is 0.459 e. The average Bonchev–Trinajstić information content (AvgIpc) is 3.34. The summed E-state index contributed by atoms with van der Waals surface area (Å²) in [6.45, 7) is 2.76. The van der Waals surface area contributed by atoms with Gasteiger partial charge in [-0.2, -0.15) is 0 Å². The number of imide groups is 1. The first-order valence-corrected chi connectivity index (χ1v) is 8.84. The summed E-state index contributed by atoms with van der Waals surface area (Å²) in [6, 6.07) is 10.9. The Morgan fingerprint density at radius 2 is 1.96 bits per heavy atom. The molecule has 3 rings (SSSR count). The van der Waals surface area contributed by atoms with Gasteiger partial charge in [0.05, 0.1) is 12.8 Å². The van der Waals surface area contributed by atoms with Crippen molar-refractivity contribution in [2.24, 2.45) is 5.73 Å². The third-order valence-electron chi connectivity index (χ3n) is 4.02. The van der Waals surface area contributed by atoms with Crippen LogP contribution in [0.5, 0.6) is 0 Å². The molecule has 0 unspecified atom stereocenters. The molecule has 28 heavy (non-hydrogen) atoms. The number of furan rings is 1. The molecular weight excluding hydrogens is 362 g/mol. The maximum Gasteiger partial charge on any atom is 0.318 e. The number of nitrogens with zero attached hydrogens (tertiary/aromatic N) is 3. The zero-order valence-corrected chi connectivity index (χ0v) is 15.4. The van der Waals surface area contributed by atoms with Crippen LogP contribution in [0, 0.1) is 0 Å². The van der Waals surface area contributed by atoms with E-state index in [1.165, 1.54) is 6.26 Å². The molecule has 0 aliphatic carbocycles. The number of carbonyl (C=O) groups is 2. The van der Waals surface area contributed by atoms with E-state index >= 15 is 0 Å². The van der Waals surface area contributed by atoms with Gasteiger partial charge in [-0.15, -0.1) is 10.2 Å². The smallest absolute Gasteiger partial charge is 0.318 e. The maximum atomic E-state index is 12.7. The summed E-state index contributed by atoms with van der Waals surface area (Å²) in [5.74, 6) is 0.534. The molecule has 1 aromatic carbocycles. The minimum atomic E-state index is -0.903. The Hall–Kier alpha value is -3.46. The van der Waals surface area contributed by atoms with Crippen molar-refractivity contribution >= 4 is 11.9 Å². The molecule has 9 heteroatoms. The molecule has 3 amide bonds. The van der Waals surface area contributed by atoms with Gasteiger partial charge in [0.15, 0.2) is 5.76 Å². The molecule has 3 N–H and O–H groups in total. The Bertz CT molecular complexity index is 908. The highest BCUT2D eigenvalue weighted by Gasteiger charge is 2.29. The first-order valence-electron chi connectivity index (χ1n) is 8.84. The van der Waals surface area contributed by atoms with Gasteiger partial charge in [0, 0.05) is 0 Å². The number of nitrogens with one attached hydrogen (secondary N) is 1. The molecule has 0 aliphatic rings. The molecule has 0 aliphatic heterocycles. The highest BCUT2D eigenvalue weighted by molar-refractivity contribution is 5.96. The van der Waals surface area contributed by atoms with Gasteiger partial charge >= 0.3 is 6.03 Å². The van der Waals surface area contributed by atoms with Crippen LogP contribution in [-0.2, 0) is 11.3 Å². The van der Waals surface area contributed by atoms with E-state index in [0.717, 1.165) is 12.0 Å². The summed E-state index contributed by atoms with van der Waals surface area (Å²) in [5, 5.41) is 10.2. The number of urea groups is 1. The summed E-state index contributed by atoms with van der Waals surface area (Å²) in [4.78, 5) is 25.8. The number of benzene rings is 1. The normalized spacial score (nSPS) is 12.1. The summed E-state index contributed by atoms with van der Waals surface area (Å²) in [5.41, 5.74) is 5.88. The van der Waals surface area contributed by atoms with Gasteiger partial charge < -0.3 is 14.6 Å². The quantitative estimate of drug-likeness (QED) is 0.611. The maximum absolute atomic E-state index is 12.7. The standard InChI is InChI=1S/C19H21N5O4/c1-2-10-24(12-15-22-23-18(28-15)14-9-6-11-27-14)16(17(25)21-19(20)26)13-7-4-3-5-8-13/h3-9,11,16H,2,10,12H2,1H3,(H3,20,21,25,26)/t16-/m0/s1. The van der Waals surface area contributed by atoms with Gasteiger partial charge in [0.2, 0.25) is 11.8 Å². The molecule has 1 atom stereocenters. The van der Waals surface area contributed by atoms with Crippen LogP contribution >= 0.6 is 0 Å². The lowest BCUT2D eigenvalue weighted by molar-refractivity contribution is -0.126. The fourth-order valence-electron chi connectivity index (χ4n) is 2.93. The third kappa shape index (κ3) is 4.63. The Labute approximate surface area is 161 Å². The molecule has 146 valence electrons. The van der Waals surface area contributed by atoms with E-state index in [0.29, 0.717) is 18.2 Å². The first-order chi connectivity index (χ1) is 13.6. The molecule has 2 aromatic heterocycles. The molecule has 3 aromatic rings. The van der Waals surface area contributed by atoms with Gasteiger partial charge in [0.1, 0.15) is 6.04 Å². The third-order valence-corrected chi connectivity index (χ3v) is 4.02. The van der Waals surface area contributed by atoms with E-state index in [2.05, 4.69) is 15.5 Å². The van der Waals surface area contributed by atoms with Crippen LogP contribution in [0.2, 0.25) is 0 Å². The van der Waals surface area contributed by atoms with Crippen molar-refractivity contribution in [3.63, 3.8) is 0 Å². The highest BCUT2D eigenvalue weighted by atomic mass is 16.4. The number of aromatic nitrogens is 2. The van der Waals surface area contributed by atoms with Crippen LogP contribution in [0.1, 0.15) is 30.8 Å². The monoisotopic (exact) mass is 383 g/mol. The zero-order chi connectivity index (χ0) is 19.9. The van der Waals surface area contributed by atoms with Crippen molar-refractivity contribution in [1.82, 2.24) is 20.4 Å². The second-order valence-corrected chi connectivity index (χ2v) is 6.12. The van der Waals surface area contributed by atoms with Crippen LogP contribution in [0.3, 0.4) is 0 Å². The van der Waals surface area contributed by atoms with E-state index in [9.17, 15) is 9.59 Å². The van der Waals surface area contributed by atoms with Crippen LogP contribution in [0.15, 0.2) is 57.6 Å². The van der Waals surface area contributed by atoms with E-state index in [-0.39, 0.29) is 12.4 Å². The predicted octanol–water partition coefficient (Wildman–Crippen LogP) is 2.48. The molecule has 9 nitrogen and oxygen atoms in total. The fourth-order valence-corrected chi connectivity index (χ4v) is 2.93. The van der Waals surface area contributed by atoms with Crippen LogP contribution in [0.4, 0.5) is 4.79 Å². The Balaban J connectivity index is 1.88. The molecule has 0 bridgehead atoms. The van der Waals surface area contributed by atoms with Crippen molar-refractivity contribution in [3.8, 4) is 11.7 Å². The van der Waals surface area contributed by atoms with E-state index in [1.807, 2.05) is 42.2 Å². The summed E-state index contributed by atoms with van der Waals surface area (Å²) >= 11 is 0. The van der Waals surface area contributed by atoms with Gasteiger partial charge in [-0.1, -0.05) is 37.3 Å². The molecule has 0 spiro atoms. The number of hydrogen-bond donors (Lipinski definition) is 2. The van der Waals surface area contributed by atoms with E-state index in [1.54, 1.807) is 12.1 Å². The molecule has 0 fully saturated rings. The van der Waals surface area contributed by atoms with Crippen LogP contribution in [-0.4, -0.2) is 33.6 Å². The SMILES string of the molecule is CCCN(Cc1nnc(-c2ccco2)o1)[C@H](C(=O)NC(N)=O)c1ccccc1. The minimum Gasteiger partial charge on any atom is -0.459 e. The summed E-state index contributed by atoms with van der Waals surface area (Å²) < 4.78 is 10.9.